The van der Waals surface area contributed by atoms with Crippen molar-refractivity contribution in [2.75, 3.05) is 5.32 Å². The van der Waals surface area contributed by atoms with Gasteiger partial charge in [0.2, 0.25) is 11.8 Å². The normalized spacial score (nSPS) is 10.7. The summed E-state index contributed by atoms with van der Waals surface area (Å²) < 4.78 is 7.29. The number of para-hydroxylation sites is 1. The molecule has 1 amide bonds. The molecule has 3 rings (SSSR count). The summed E-state index contributed by atoms with van der Waals surface area (Å²) in [4.78, 5) is 11.9. The molecule has 2 aromatic heterocycles. The molecule has 0 aliphatic carbocycles. The molecule has 2 heterocycles. The Morgan fingerprint density at radius 1 is 1.26 bits per heavy atom. The van der Waals surface area contributed by atoms with Crippen LogP contribution in [0.3, 0.4) is 0 Å². The van der Waals surface area contributed by atoms with Crippen LogP contribution >= 0.6 is 0 Å². The van der Waals surface area contributed by atoms with E-state index in [1.54, 1.807) is 4.68 Å². The molecular formula is C16H17N5O2. The van der Waals surface area contributed by atoms with Gasteiger partial charge in [0.25, 0.3) is 5.89 Å². The number of hydrogen-bond acceptors (Lipinski definition) is 5. The maximum atomic E-state index is 11.9. The van der Waals surface area contributed by atoms with Crippen molar-refractivity contribution in [3.63, 3.8) is 0 Å². The second-order valence-electron chi connectivity index (χ2n) is 5.21. The lowest BCUT2D eigenvalue weighted by molar-refractivity contribution is -0.116. The Morgan fingerprint density at radius 2 is 2.04 bits per heavy atom. The maximum Gasteiger partial charge on any atom is 0.265 e. The number of hydrogen-bond donors (Lipinski definition) is 1. The monoisotopic (exact) mass is 311 g/mol. The van der Waals surface area contributed by atoms with Gasteiger partial charge in [-0.25, -0.2) is 0 Å². The van der Waals surface area contributed by atoms with Crippen LogP contribution in [0.5, 0.6) is 0 Å². The molecular weight excluding hydrogens is 294 g/mol. The fraction of sp³-hybridized carbons (Fsp3) is 0.250. The lowest BCUT2D eigenvalue weighted by Gasteiger charge is -2.03. The molecule has 0 atom stereocenters. The molecule has 1 aromatic carbocycles. The first-order valence-electron chi connectivity index (χ1n) is 7.30. The zero-order chi connectivity index (χ0) is 16.2. The average molecular weight is 311 g/mol. The van der Waals surface area contributed by atoms with Gasteiger partial charge in [-0.1, -0.05) is 18.2 Å². The lowest BCUT2D eigenvalue weighted by atomic mass is 10.2. The fourth-order valence-electron chi connectivity index (χ4n) is 2.23. The van der Waals surface area contributed by atoms with Crippen LogP contribution in [0.1, 0.15) is 18.0 Å². The molecule has 0 unspecified atom stereocenters. The Kier molecular flexibility index (Phi) is 4.18. The molecule has 118 valence electrons. The van der Waals surface area contributed by atoms with Gasteiger partial charge in [0.1, 0.15) is 5.69 Å². The van der Waals surface area contributed by atoms with E-state index in [0.29, 0.717) is 18.2 Å². The predicted octanol–water partition coefficient (Wildman–Crippen LogP) is 2.35. The van der Waals surface area contributed by atoms with Gasteiger partial charge in [0, 0.05) is 25.6 Å². The molecule has 1 N–H and O–H groups in total. The SMILES string of the molecule is Cc1cc(-c2nnc(CCC(=O)Nc3ccccc3)o2)n(C)n1. The second kappa shape index (κ2) is 6.43. The number of nitrogens with one attached hydrogen (secondary N) is 1. The van der Waals surface area contributed by atoms with Gasteiger partial charge in [-0.05, 0) is 25.1 Å². The highest BCUT2D eigenvalue weighted by Gasteiger charge is 2.14. The summed E-state index contributed by atoms with van der Waals surface area (Å²) in [7, 11) is 1.82. The summed E-state index contributed by atoms with van der Waals surface area (Å²) in [5, 5.41) is 15.1. The van der Waals surface area contributed by atoms with Gasteiger partial charge < -0.3 is 9.73 Å². The van der Waals surface area contributed by atoms with Crippen LogP contribution in [0.15, 0.2) is 40.8 Å². The summed E-state index contributed by atoms with van der Waals surface area (Å²) in [5.74, 6) is 0.751. The summed E-state index contributed by atoms with van der Waals surface area (Å²) in [6.45, 7) is 1.90. The van der Waals surface area contributed by atoms with Crippen LogP contribution < -0.4 is 5.32 Å². The predicted molar refractivity (Wildman–Crippen MR) is 84.6 cm³/mol. The highest BCUT2D eigenvalue weighted by Crippen LogP contribution is 2.18. The van der Waals surface area contributed by atoms with Gasteiger partial charge in [-0.15, -0.1) is 10.2 Å². The third kappa shape index (κ3) is 3.63. The van der Waals surface area contributed by atoms with Crippen molar-refractivity contribution in [3.05, 3.63) is 48.0 Å². The Labute approximate surface area is 133 Å². The molecule has 23 heavy (non-hydrogen) atoms. The number of aromatic nitrogens is 4. The Bertz CT molecular complexity index is 807. The zero-order valence-electron chi connectivity index (χ0n) is 13.0. The quantitative estimate of drug-likeness (QED) is 0.781. The third-order valence-corrected chi connectivity index (χ3v) is 3.31. The van der Waals surface area contributed by atoms with Gasteiger partial charge in [0.05, 0.1) is 5.69 Å². The van der Waals surface area contributed by atoms with Crippen molar-refractivity contribution < 1.29 is 9.21 Å². The van der Waals surface area contributed by atoms with Crippen molar-refractivity contribution in [1.82, 2.24) is 20.0 Å². The minimum atomic E-state index is -0.0904. The molecule has 7 nitrogen and oxygen atoms in total. The zero-order valence-corrected chi connectivity index (χ0v) is 13.0. The number of aryl methyl sites for hydroxylation is 3. The smallest absolute Gasteiger partial charge is 0.265 e. The van der Waals surface area contributed by atoms with Gasteiger partial charge in [-0.2, -0.15) is 5.10 Å². The number of anilines is 1. The van der Waals surface area contributed by atoms with E-state index in [2.05, 4.69) is 20.6 Å². The van der Waals surface area contributed by atoms with E-state index in [1.807, 2.05) is 50.4 Å². The molecule has 0 saturated heterocycles. The molecule has 0 aliphatic heterocycles. The molecule has 0 spiro atoms. The van der Waals surface area contributed by atoms with Crippen molar-refractivity contribution in [1.29, 1.82) is 0 Å². The van der Waals surface area contributed by atoms with Crippen LogP contribution in [-0.2, 0) is 18.3 Å². The van der Waals surface area contributed by atoms with Crippen LogP contribution in [0.25, 0.3) is 11.6 Å². The second-order valence-corrected chi connectivity index (χ2v) is 5.21. The van der Waals surface area contributed by atoms with E-state index in [4.69, 9.17) is 4.42 Å². The third-order valence-electron chi connectivity index (χ3n) is 3.31. The first-order chi connectivity index (χ1) is 11.1. The molecule has 0 fully saturated rings. The van der Waals surface area contributed by atoms with E-state index >= 15 is 0 Å². The Hall–Kier alpha value is -2.96. The van der Waals surface area contributed by atoms with E-state index < -0.39 is 0 Å². The first-order valence-corrected chi connectivity index (χ1v) is 7.30. The summed E-state index contributed by atoms with van der Waals surface area (Å²) >= 11 is 0. The van der Waals surface area contributed by atoms with Crippen LogP contribution in [0, 0.1) is 6.92 Å². The van der Waals surface area contributed by atoms with Crippen molar-refractivity contribution in [2.45, 2.75) is 19.8 Å². The Morgan fingerprint density at radius 3 is 2.74 bits per heavy atom. The number of nitrogens with zero attached hydrogens (tertiary/aromatic N) is 4. The lowest BCUT2D eigenvalue weighted by Crippen LogP contribution is -2.12. The van der Waals surface area contributed by atoms with Gasteiger partial charge in [-0.3, -0.25) is 9.48 Å². The molecule has 0 aliphatic rings. The fourth-order valence-corrected chi connectivity index (χ4v) is 2.23. The van der Waals surface area contributed by atoms with Crippen molar-refractivity contribution in [3.8, 4) is 11.6 Å². The molecule has 3 aromatic rings. The number of rotatable bonds is 5. The van der Waals surface area contributed by atoms with Crippen molar-refractivity contribution >= 4 is 11.6 Å². The minimum absolute atomic E-state index is 0.0904. The number of amides is 1. The minimum Gasteiger partial charge on any atom is -0.419 e. The van der Waals surface area contributed by atoms with E-state index in [-0.39, 0.29) is 12.3 Å². The molecule has 0 bridgehead atoms. The van der Waals surface area contributed by atoms with E-state index in [1.165, 1.54) is 0 Å². The number of carbonyl (C=O) groups is 1. The number of benzene rings is 1. The first kappa shape index (κ1) is 15.0. The average Bonchev–Trinajstić information content (AvgIpc) is 3.12. The maximum absolute atomic E-state index is 11.9. The molecule has 0 saturated carbocycles. The van der Waals surface area contributed by atoms with Crippen LogP contribution in [0.2, 0.25) is 0 Å². The van der Waals surface area contributed by atoms with E-state index in [0.717, 1.165) is 17.1 Å². The van der Waals surface area contributed by atoms with Gasteiger partial charge >= 0.3 is 0 Å². The standard InChI is InChI=1S/C16H17N5O2/c1-11-10-13(21(2)20-11)16-19-18-15(23-16)9-8-14(22)17-12-6-4-3-5-7-12/h3-7,10H,8-9H2,1-2H3,(H,17,22). The molecule has 7 heteroatoms. The topological polar surface area (TPSA) is 85.8 Å². The van der Waals surface area contributed by atoms with E-state index in [9.17, 15) is 4.79 Å². The van der Waals surface area contributed by atoms with Crippen LogP contribution in [0.4, 0.5) is 5.69 Å². The highest BCUT2D eigenvalue weighted by atomic mass is 16.4. The Balaban J connectivity index is 1.59. The highest BCUT2D eigenvalue weighted by molar-refractivity contribution is 5.90. The van der Waals surface area contributed by atoms with Crippen molar-refractivity contribution in [2.24, 2.45) is 7.05 Å². The van der Waals surface area contributed by atoms with Crippen LogP contribution in [-0.4, -0.2) is 25.9 Å². The summed E-state index contributed by atoms with van der Waals surface area (Å²) in [5.41, 5.74) is 2.41. The molecule has 0 radical (unpaired) electrons. The number of carbonyl (C=O) groups excluding carboxylic acids is 1. The largest absolute Gasteiger partial charge is 0.419 e. The summed E-state index contributed by atoms with van der Waals surface area (Å²) in [6.07, 6.45) is 0.670. The van der Waals surface area contributed by atoms with Gasteiger partial charge in [0.15, 0.2) is 0 Å². The summed E-state index contributed by atoms with van der Waals surface area (Å²) in [6, 6.07) is 11.2.